The molecule has 1 N–H and O–H groups in total. The molecule has 29 heavy (non-hydrogen) atoms. The molecular formula is C26H25N3. The quantitative estimate of drug-likeness (QED) is 0.494. The SMILES string of the molecule is Cc1cccc(-n2nc(CC(c3ccccc3)c3ccccc3)c3c2NCC3)c1. The van der Waals surface area contributed by atoms with Gasteiger partial charge in [0.25, 0.3) is 0 Å². The topological polar surface area (TPSA) is 29.9 Å². The third-order valence-corrected chi connectivity index (χ3v) is 5.78. The number of aryl methyl sites for hydroxylation is 1. The van der Waals surface area contributed by atoms with E-state index in [4.69, 9.17) is 5.10 Å². The lowest BCUT2D eigenvalue weighted by atomic mass is 9.86. The van der Waals surface area contributed by atoms with Crippen LogP contribution < -0.4 is 5.32 Å². The van der Waals surface area contributed by atoms with Crippen molar-refractivity contribution >= 4 is 5.82 Å². The van der Waals surface area contributed by atoms with Gasteiger partial charge in [-0.05, 0) is 42.2 Å². The number of nitrogens with one attached hydrogen (secondary N) is 1. The van der Waals surface area contributed by atoms with Gasteiger partial charge in [-0.25, -0.2) is 4.68 Å². The molecule has 0 saturated heterocycles. The van der Waals surface area contributed by atoms with E-state index in [0.717, 1.165) is 30.9 Å². The molecule has 0 fully saturated rings. The maximum absolute atomic E-state index is 5.09. The number of hydrogen-bond donors (Lipinski definition) is 1. The summed E-state index contributed by atoms with van der Waals surface area (Å²) in [5, 5.41) is 8.65. The molecule has 0 unspecified atom stereocenters. The molecule has 1 aromatic heterocycles. The van der Waals surface area contributed by atoms with Gasteiger partial charge >= 0.3 is 0 Å². The Bertz CT molecular complexity index is 1070. The molecule has 144 valence electrons. The zero-order valence-corrected chi connectivity index (χ0v) is 16.7. The maximum Gasteiger partial charge on any atom is 0.133 e. The molecule has 1 aliphatic heterocycles. The number of benzene rings is 3. The molecule has 0 atom stereocenters. The van der Waals surface area contributed by atoms with Crippen LogP contribution in [0.2, 0.25) is 0 Å². The summed E-state index contributed by atoms with van der Waals surface area (Å²) in [7, 11) is 0. The highest BCUT2D eigenvalue weighted by Gasteiger charge is 2.26. The van der Waals surface area contributed by atoms with E-state index in [1.54, 1.807) is 0 Å². The Morgan fingerprint density at radius 1 is 0.897 bits per heavy atom. The van der Waals surface area contributed by atoms with Crippen LogP contribution in [0.4, 0.5) is 5.82 Å². The predicted molar refractivity (Wildman–Crippen MR) is 119 cm³/mol. The van der Waals surface area contributed by atoms with Crippen molar-refractivity contribution < 1.29 is 0 Å². The predicted octanol–water partition coefficient (Wildman–Crippen LogP) is 5.52. The van der Waals surface area contributed by atoms with Crippen LogP contribution in [0, 0.1) is 6.92 Å². The van der Waals surface area contributed by atoms with Crippen molar-refractivity contribution in [1.29, 1.82) is 0 Å². The molecule has 1 aliphatic rings. The highest BCUT2D eigenvalue weighted by Crippen LogP contribution is 2.34. The van der Waals surface area contributed by atoms with E-state index in [1.165, 1.54) is 27.9 Å². The molecule has 4 aromatic rings. The minimum atomic E-state index is 0.294. The van der Waals surface area contributed by atoms with E-state index in [-0.39, 0.29) is 0 Å². The monoisotopic (exact) mass is 379 g/mol. The fourth-order valence-corrected chi connectivity index (χ4v) is 4.35. The summed E-state index contributed by atoms with van der Waals surface area (Å²) in [4.78, 5) is 0. The van der Waals surface area contributed by atoms with Crippen molar-refractivity contribution in [3.8, 4) is 5.69 Å². The minimum Gasteiger partial charge on any atom is -0.369 e. The van der Waals surface area contributed by atoms with E-state index in [9.17, 15) is 0 Å². The average molecular weight is 380 g/mol. The molecule has 3 heteroatoms. The Hall–Kier alpha value is -3.33. The second-order valence-corrected chi connectivity index (χ2v) is 7.78. The van der Waals surface area contributed by atoms with Crippen molar-refractivity contribution in [2.45, 2.75) is 25.7 Å². The molecule has 3 nitrogen and oxygen atoms in total. The van der Waals surface area contributed by atoms with Gasteiger partial charge in [0.15, 0.2) is 0 Å². The third-order valence-electron chi connectivity index (χ3n) is 5.78. The summed E-state index contributed by atoms with van der Waals surface area (Å²) in [6.45, 7) is 3.11. The van der Waals surface area contributed by atoms with Crippen LogP contribution in [0.3, 0.4) is 0 Å². The first-order valence-electron chi connectivity index (χ1n) is 10.3. The number of rotatable bonds is 5. The first kappa shape index (κ1) is 17.7. The largest absolute Gasteiger partial charge is 0.369 e. The van der Waals surface area contributed by atoms with Crippen molar-refractivity contribution in [1.82, 2.24) is 9.78 Å². The molecule has 0 spiro atoms. The standard InChI is InChI=1S/C26H25N3/c1-19-9-8-14-22(17-19)29-26-23(15-16-27-26)25(28-29)18-24(20-10-4-2-5-11-20)21-12-6-3-7-13-21/h2-14,17,24,27H,15-16,18H2,1H3. The average Bonchev–Trinajstić information content (AvgIpc) is 3.37. The molecule has 0 saturated carbocycles. The van der Waals surface area contributed by atoms with Crippen molar-refractivity contribution in [3.05, 3.63) is 113 Å². The van der Waals surface area contributed by atoms with Crippen LogP contribution in [0.5, 0.6) is 0 Å². The van der Waals surface area contributed by atoms with Gasteiger partial charge < -0.3 is 5.32 Å². The van der Waals surface area contributed by atoms with Crippen molar-refractivity contribution in [2.24, 2.45) is 0 Å². The van der Waals surface area contributed by atoms with Gasteiger partial charge in [-0.2, -0.15) is 5.10 Å². The summed E-state index contributed by atoms with van der Waals surface area (Å²) in [6.07, 6.45) is 1.93. The van der Waals surface area contributed by atoms with Crippen LogP contribution in [-0.2, 0) is 12.8 Å². The van der Waals surface area contributed by atoms with Gasteiger partial charge in [0.05, 0.1) is 11.4 Å². The zero-order valence-electron chi connectivity index (χ0n) is 16.7. The molecule has 0 radical (unpaired) electrons. The molecule has 2 heterocycles. The fourth-order valence-electron chi connectivity index (χ4n) is 4.35. The van der Waals surface area contributed by atoms with Crippen LogP contribution in [-0.4, -0.2) is 16.3 Å². The number of nitrogens with zero attached hydrogens (tertiary/aromatic N) is 2. The smallest absolute Gasteiger partial charge is 0.133 e. The lowest BCUT2D eigenvalue weighted by Crippen LogP contribution is -2.09. The normalized spacial score (nSPS) is 12.8. The van der Waals surface area contributed by atoms with E-state index in [2.05, 4.69) is 102 Å². The fraction of sp³-hybridized carbons (Fsp3) is 0.192. The van der Waals surface area contributed by atoms with E-state index in [1.807, 2.05) is 0 Å². The molecule has 0 bridgehead atoms. The van der Waals surface area contributed by atoms with Crippen molar-refractivity contribution in [3.63, 3.8) is 0 Å². The maximum atomic E-state index is 5.09. The lowest BCUT2D eigenvalue weighted by Gasteiger charge is -2.17. The number of aromatic nitrogens is 2. The first-order valence-corrected chi connectivity index (χ1v) is 10.3. The summed E-state index contributed by atoms with van der Waals surface area (Å²) < 4.78 is 2.09. The van der Waals surface area contributed by atoms with Crippen LogP contribution in [0.15, 0.2) is 84.9 Å². The molecule has 0 amide bonds. The van der Waals surface area contributed by atoms with Gasteiger partial charge in [0, 0.05) is 24.4 Å². The van der Waals surface area contributed by atoms with Crippen molar-refractivity contribution in [2.75, 3.05) is 11.9 Å². The van der Waals surface area contributed by atoms with Crippen LogP contribution in [0.25, 0.3) is 5.69 Å². The van der Waals surface area contributed by atoms with Gasteiger partial charge in [0.1, 0.15) is 5.82 Å². The molecular weight excluding hydrogens is 354 g/mol. The zero-order chi connectivity index (χ0) is 19.6. The number of anilines is 1. The Kier molecular flexibility index (Phi) is 4.65. The summed E-state index contributed by atoms with van der Waals surface area (Å²) in [6, 6.07) is 30.2. The number of fused-ring (bicyclic) bond motifs is 1. The van der Waals surface area contributed by atoms with E-state index >= 15 is 0 Å². The third kappa shape index (κ3) is 3.44. The Labute approximate surface area is 172 Å². The van der Waals surface area contributed by atoms with Crippen LogP contribution in [0.1, 0.15) is 33.9 Å². The first-order chi connectivity index (χ1) is 14.3. The highest BCUT2D eigenvalue weighted by molar-refractivity contribution is 5.58. The molecule has 5 rings (SSSR count). The second kappa shape index (κ2) is 7.59. The summed E-state index contributed by atoms with van der Waals surface area (Å²) in [5.41, 5.74) is 7.61. The van der Waals surface area contributed by atoms with E-state index < -0.39 is 0 Å². The van der Waals surface area contributed by atoms with Gasteiger partial charge in [-0.3, -0.25) is 0 Å². The number of hydrogen-bond acceptors (Lipinski definition) is 2. The summed E-state index contributed by atoms with van der Waals surface area (Å²) in [5.74, 6) is 1.45. The Morgan fingerprint density at radius 2 is 1.59 bits per heavy atom. The minimum absolute atomic E-state index is 0.294. The summed E-state index contributed by atoms with van der Waals surface area (Å²) >= 11 is 0. The molecule has 3 aromatic carbocycles. The van der Waals surface area contributed by atoms with E-state index in [0.29, 0.717) is 5.92 Å². The van der Waals surface area contributed by atoms with Crippen LogP contribution >= 0.6 is 0 Å². The Morgan fingerprint density at radius 3 is 2.24 bits per heavy atom. The highest BCUT2D eigenvalue weighted by atomic mass is 15.3. The van der Waals surface area contributed by atoms with Gasteiger partial charge in [-0.1, -0.05) is 72.8 Å². The second-order valence-electron chi connectivity index (χ2n) is 7.78. The van der Waals surface area contributed by atoms with Gasteiger partial charge in [0.2, 0.25) is 0 Å². The van der Waals surface area contributed by atoms with Gasteiger partial charge in [-0.15, -0.1) is 0 Å². The Balaban J connectivity index is 1.57. The lowest BCUT2D eigenvalue weighted by molar-refractivity contribution is 0.745. The molecule has 0 aliphatic carbocycles.